The lowest BCUT2D eigenvalue weighted by molar-refractivity contribution is -0.119. The van der Waals surface area contributed by atoms with Crippen LogP contribution in [0.15, 0.2) is 66.7 Å². The lowest BCUT2D eigenvalue weighted by Gasteiger charge is -2.14. The van der Waals surface area contributed by atoms with Crippen molar-refractivity contribution in [2.75, 3.05) is 19.0 Å². The number of imide groups is 1. The monoisotopic (exact) mass is 478 g/mol. The molecule has 0 saturated carbocycles. The SMILES string of the molecule is COc1ccc(CN2C(=O)c3ccc(C(=O)OCC(=O)Nc4cccc(Cl)c4)cc3C2=O)cc1. The molecule has 0 unspecified atom stereocenters. The highest BCUT2D eigenvalue weighted by Gasteiger charge is 2.36. The van der Waals surface area contributed by atoms with E-state index in [9.17, 15) is 19.2 Å². The zero-order chi connectivity index (χ0) is 24.2. The number of ether oxygens (including phenoxy) is 2. The molecule has 9 heteroatoms. The quantitative estimate of drug-likeness (QED) is 0.407. The zero-order valence-electron chi connectivity index (χ0n) is 18.0. The van der Waals surface area contributed by atoms with Gasteiger partial charge >= 0.3 is 5.97 Å². The van der Waals surface area contributed by atoms with E-state index in [0.717, 1.165) is 10.5 Å². The van der Waals surface area contributed by atoms with Crippen LogP contribution in [0.5, 0.6) is 5.75 Å². The van der Waals surface area contributed by atoms with Crippen LogP contribution in [0.3, 0.4) is 0 Å². The molecule has 0 atom stereocenters. The predicted octanol–water partition coefficient (Wildman–Crippen LogP) is 3.94. The van der Waals surface area contributed by atoms with Gasteiger partial charge in [-0.3, -0.25) is 19.3 Å². The normalized spacial score (nSPS) is 12.4. The molecule has 34 heavy (non-hydrogen) atoms. The standard InChI is InChI=1S/C25H19ClN2O6/c1-33-19-8-5-15(6-9-19)13-28-23(30)20-10-7-16(11-21(20)24(28)31)25(32)34-14-22(29)27-18-4-2-3-17(26)12-18/h2-12H,13-14H2,1H3,(H,27,29). The molecule has 0 aliphatic carbocycles. The number of benzene rings is 3. The summed E-state index contributed by atoms with van der Waals surface area (Å²) < 4.78 is 10.2. The third kappa shape index (κ3) is 4.92. The summed E-state index contributed by atoms with van der Waals surface area (Å²) in [5, 5.41) is 3.02. The highest BCUT2D eigenvalue weighted by molar-refractivity contribution is 6.30. The average Bonchev–Trinajstić information content (AvgIpc) is 3.07. The number of hydrogen-bond donors (Lipinski definition) is 1. The van der Waals surface area contributed by atoms with Gasteiger partial charge in [-0.05, 0) is 54.1 Å². The Morgan fingerprint density at radius 2 is 1.68 bits per heavy atom. The van der Waals surface area contributed by atoms with Crippen molar-refractivity contribution in [1.82, 2.24) is 4.90 Å². The first-order valence-electron chi connectivity index (χ1n) is 10.2. The molecule has 172 valence electrons. The van der Waals surface area contributed by atoms with Gasteiger partial charge in [0.1, 0.15) is 5.75 Å². The van der Waals surface area contributed by atoms with Crippen LogP contribution in [-0.2, 0) is 16.1 Å². The molecule has 1 heterocycles. The number of carbonyl (C=O) groups is 4. The first-order valence-corrected chi connectivity index (χ1v) is 10.6. The molecule has 3 aromatic carbocycles. The van der Waals surface area contributed by atoms with Gasteiger partial charge in [-0.15, -0.1) is 0 Å². The molecule has 0 fully saturated rings. The summed E-state index contributed by atoms with van der Waals surface area (Å²) in [5.74, 6) is -1.64. The van der Waals surface area contributed by atoms with E-state index < -0.39 is 30.3 Å². The molecule has 3 aromatic rings. The van der Waals surface area contributed by atoms with Crippen LogP contribution in [0, 0.1) is 0 Å². The molecular weight excluding hydrogens is 460 g/mol. The van der Waals surface area contributed by atoms with Crippen LogP contribution >= 0.6 is 11.6 Å². The summed E-state index contributed by atoms with van der Waals surface area (Å²) in [4.78, 5) is 51.2. The molecule has 0 aromatic heterocycles. The van der Waals surface area contributed by atoms with Crippen LogP contribution in [0.1, 0.15) is 36.6 Å². The van der Waals surface area contributed by atoms with E-state index in [1.807, 2.05) is 0 Å². The first-order chi connectivity index (χ1) is 16.4. The van der Waals surface area contributed by atoms with Crippen molar-refractivity contribution in [1.29, 1.82) is 0 Å². The van der Waals surface area contributed by atoms with Crippen molar-refractivity contribution < 1.29 is 28.7 Å². The van der Waals surface area contributed by atoms with Crippen molar-refractivity contribution in [3.8, 4) is 5.75 Å². The van der Waals surface area contributed by atoms with Crippen molar-refractivity contribution in [2.45, 2.75) is 6.54 Å². The van der Waals surface area contributed by atoms with Gasteiger partial charge in [-0.2, -0.15) is 0 Å². The fourth-order valence-corrected chi connectivity index (χ4v) is 3.64. The predicted molar refractivity (Wildman–Crippen MR) is 124 cm³/mol. The number of halogens is 1. The third-order valence-corrected chi connectivity index (χ3v) is 5.38. The molecule has 1 aliphatic heterocycles. The maximum atomic E-state index is 12.9. The lowest BCUT2D eigenvalue weighted by Crippen LogP contribution is -2.29. The van der Waals surface area contributed by atoms with E-state index in [4.69, 9.17) is 21.1 Å². The van der Waals surface area contributed by atoms with E-state index in [0.29, 0.717) is 16.5 Å². The number of rotatable bonds is 7. The average molecular weight is 479 g/mol. The fourth-order valence-electron chi connectivity index (χ4n) is 3.45. The van der Waals surface area contributed by atoms with Crippen LogP contribution in [0.2, 0.25) is 5.02 Å². The Balaban J connectivity index is 1.40. The molecule has 0 radical (unpaired) electrons. The molecule has 0 saturated heterocycles. The smallest absolute Gasteiger partial charge is 0.338 e. The van der Waals surface area contributed by atoms with Crippen LogP contribution in [0.25, 0.3) is 0 Å². The van der Waals surface area contributed by atoms with Crippen LogP contribution < -0.4 is 10.1 Å². The van der Waals surface area contributed by atoms with Gasteiger partial charge in [-0.1, -0.05) is 29.8 Å². The minimum atomic E-state index is -0.794. The van der Waals surface area contributed by atoms with E-state index in [1.54, 1.807) is 55.6 Å². The Bertz CT molecular complexity index is 1290. The summed E-state index contributed by atoms with van der Waals surface area (Å²) in [6.45, 7) is -0.446. The van der Waals surface area contributed by atoms with Gasteiger partial charge in [0.25, 0.3) is 17.7 Å². The number of nitrogens with zero attached hydrogens (tertiary/aromatic N) is 1. The second kappa shape index (κ2) is 9.76. The summed E-state index contributed by atoms with van der Waals surface area (Å²) >= 11 is 5.88. The number of esters is 1. The Labute approximate surface area is 200 Å². The Morgan fingerprint density at radius 1 is 0.941 bits per heavy atom. The van der Waals surface area contributed by atoms with Gasteiger partial charge in [0.2, 0.25) is 0 Å². The molecule has 8 nitrogen and oxygen atoms in total. The Kier molecular flexibility index (Phi) is 6.60. The van der Waals surface area contributed by atoms with E-state index in [1.165, 1.54) is 18.2 Å². The largest absolute Gasteiger partial charge is 0.497 e. The fraction of sp³-hybridized carbons (Fsp3) is 0.120. The zero-order valence-corrected chi connectivity index (χ0v) is 18.8. The van der Waals surface area contributed by atoms with Crippen LogP contribution in [-0.4, -0.2) is 42.3 Å². The molecule has 0 spiro atoms. The number of methoxy groups -OCH3 is 1. The van der Waals surface area contributed by atoms with Gasteiger partial charge in [0.15, 0.2) is 6.61 Å². The minimum Gasteiger partial charge on any atom is -0.497 e. The number of anilines is 1. The number of fused-ring (bicyclic) bond motifs is 1. The Hall–Kier alpha value is -4.17. The highest BCUT2D eigenvalue weighted by atomic mass is 35.5. The van der Waals surface area contributed by atoms with Gasteiger partial charge in [0.05, 0.1) is 30.3 Å². The molecule has 1 aliphatic rings. The molecule has 1 N–H and O–H groups in total. The second-order valence-corrected chi connectivity index (χ2v) is 7.88. The number of hydrogen-bond acceptors (Lipinski definition) is 6. The van der Waals surface area contributed by atoms with Crippen molar-refractivity contribution in [3.63, 3.8) is 0 Å². The van der Waals surface area contributed by atoms with Crippen molar-refractivity contribution in [2.24, 2.45) is 0 Å². The van der Waals surface area contributed by atoms with E-state index in [2.05, 4.69) is 5.32 Å². The number of amides is 3. The van der Waals surface area contributed by atoms with E-state index in [-0.39, 0.29) is 23.2 Å². The minimum absolute atomic E-state index is 0.0572. The molecular formula is C25H19ClN2O6. The van der Waals surface area contributed by atoms with Crippen molar-refractivity contribution >= 4 is 41.0 Å². The lowest BCUT2D eigenvalue weighted by atomic mass is 10.1. The molecule has 0 bridgehead atoms. The van der Waals surface area contributed by atoms with Crippen molar-refractivity contribution in [3.05, 3.63) is 94.0 Å². The maximum Gasteiger partial charge on any atom is 0.338 e. The summed E-state index contributed by atoms with van der Waals surface area (Å²) in [6, 6.07) is 17.6. The van der Waals surface area contributed by atoms with Gasteiger partial charge in [-0.25, -0.2) is 4.79 Å². The van der Waals surface area contributed by atoms with E-state index >= 15 is 0 Å². The Morgan fingerprint density at radius 3 is 2.38 bits per heavy atom. The molecule has 3 amide bonds. The van der Waals surface area contributed by atoms with Gasteiger partial charge < -0.3 is 14.8 Å². The number of nitrogens with one attached hydrogen (secondary N) is 1. The topological polar surface area (TPSA) is 102 Å². The second-order valence-electron chi connectivity index (χ2n) is 7.44. The number of carbonyl (C=O) groups excluding carboxylic acids is 4. The summed E-state index contributed by atoms with van der Waals surface area (Å²) in [6.07, 6.45) is 0. The highest BCUT2D eigenvalue weighted by Crippen LogP contribution is 2.26. The third-order valence-electron chi connectivity index (χ3n) is 5.15. The first kappa shape index (κ1) is 23.0. The molecule has 4 rings (SSSR count). The van der Waals surface area contributed by atoms with Crippen LogP contribution in [0.4, 0.5) is 5.69 Å². The summed E-state index contributed by atoms with van der Waals surface area (Å²) in [5.41, 5.74) is 1.58. The maximum absolute atomic E-state index is 12.9. The summed E-state index contributed by atoms with van der Waals surface area (Å²) in [7, 11) is 1.55. The van der Waals surface area contributed by atoms with Gasteiger partial charge in [0, 0.05) is 10.7 Å².